The highest BCUT2D eigenvalue weighted by Crippen LogP contribution is 2.28. The van der Waals surface area contributed by atoms with Crippen LogP contribution in [0, 0.1) is 27.2 Å². The Kier molecular flexibility index (Phi) is 4.42. The molecule has 0 spiro atoms. The Morgan fingerprint density at radius 1 is 1.09 bits per heavy atom. The third-order valence-electron chi connectivity index (χ3n) is 2.83. The molecule has 8 nitrogen and oxygen atoms in total. The van der Waals surface area contributed by atoms with E-state index in [1.807, 2.05) is 31.2 Å². The zero-order chi connectivity index (χ0) is 16.1. The molecule has 0 saturated carbocycles. The number of aryl methyl sites for hydroxylation is 1. The minimum Gasteiger partial charge on any atom is -0.272 e. The number of non-ortho nitro benzene ring substituents is 1. The Balaban J connectivity index is 2.22. The Morgan fingerprint density at radius 3 is 2.50 bits per heavy atom. The Labute approximate surface area is 125 Å². The minimum absolute atomic E-state index is 0.0829. The molecular weight excluding hydrogens is 288 g/mol. The van der Waals surface area contributed by atoms with Crippen LogP contribution in [0.2, 0.25) is 0 Å². The number of nitro groups is 2. The summed E-state index contributed by atoms with van der Waals surface area (Å²) in [5, 5.41) is 25.5. The fraction of sp³-hybridized carbons (Fsp3) is 0.0714. The summed E-state index contributed by atoms with van der Waals surface area (Å²) < 4.78 is 0. The molecule has 0 aromatic heterocycles. The van der Waals surface area contributed by atoms with E-state index in [1.165, 1.54) is 18.3 Å². The fourth-order valence-electron chi connectivity index (χ4n) is 1.81. The summed E-state index contributed by atoms with van der Waals surface area (Å²) in [7, 11) is 0. The number of benzene rings is 2. The van der Waals surface area contributed by atoms with Crippen LogP contribution in [-0.4, -0.2) is 16.1 Å². The first kappa shape index (κ1) is 15.1. The van der Waals surface area contributed by atoms with Crippen molar-refractivity contribution in [2.45, 2.75) is 6.92 Å². The summed E-state index contributed by atoms with van der Waals surface area (Å²) in [5.74, 6) is 0. The van der Waals surface area contributed by atoms with Crippen LogP contribution in [0.25, 0.3) is 0 Å². The van der Waals surface area contributed by atoms with Gasteiger partial charge in [0.15, 0.2) is 0 Å². The van der Waals surface area contributed by atoms with Crippen molar-refractivity contribution >= 4 is 23.3 Å². The van der Waals surface area contributed by atoms with Crippen LogP contribution in [0.1, 0.15) is 11.1 Å². The summed E-state index contributed by atoms with van der Waals surface area (Å²) in [4.78, 5) is 20.2. The van der Waals surface area contributed by atoms with Crippen LogP contribution in [0.15, 0.2) is 47.6 Å². The molecule has 1 N–H and O–H groups in total. The summed E-state index contributed by atoms with van der Waals surface area (Å²) in [6.07, 6.45) is 1.51. The van der Waals surface area contributed by atoms with Crippen molar-refractivity contribution in [2.75, 3.05) is 5.43 Å². The molecule has 0 bridgehead atoms. The maximum Gasteiger partial charge on any atom is 0.301 e. The lowest BCUT2D eigenvalue weighted by molar-refractivity contribution is -0.393. The molecule has 112 valence electrons. The molecule has 0 heterocycles. The van der Waals surface area contributed by atoms with Crippen LogP contribution < -0.4 is 5.43 Å². The van der Waals surface area contributed by atoms with Gasteiger partial charge in [0, 0.05) is 6.07 Å². The zero-order valence-electron chi connectivity index (χ0n) is 11.6. The lowest BCUT2D eigenvalue weighted by Crippen LogP contribution is -1.98. The number of hydrogen-bond donors (Lipinski definition) is 1. The number of nitrogens with zero attached hydrogens (tertiary/aromatic N) is 3. The van der Waals surface area contributed by atoms with Gasteiger partial charge in [0.05, 0.1) is 22.1 Å². The van der Waals surface area contributed by atoms with Crippen LogP contribution in [-0.2, 0) is 0 Å². The van der Waals surface area contributed by atoms with Crippen molar-refractivity contribution in [3.05, 3.63) is 73.8 Å². The Hall–Kier alpha value is -3.29. The minimum atomic E-state index is -0.697. The van der Waals surface area contributed by atoms with Crippen molar-refractivity contribution < 1.29 is 9.85 Å². The first-order chi connectivity index (χ1) is 10.5. The Morgan fingerprint density at radius 2 is 1.86 bits per heavy atom. The first-order valence-corrected chi connectivity index (χ1v) is 6.26. The normalized spacial score (nSPS) is 10.6. The molecule has 2 aromatic rings. The third-order valence-corrected chi connectivity index (χ3v) is 2.83. The first-order valence-electron chi connectivity index (χ1n) is 6.26. The van der Waals surface area contributed by atoms with Gasteiger partial charge in [-0.05, 0) is 18.6 Å². The van der Waals surface area contributed by atoms with E-state index in [0.717, 1.165) is 17.2 Å². The van der Waals surface area contributed by atoms with Crippen molar-refractivity contribution in [3.63, 3.8) is 0 Å². The van der Waals surface area contributed by atoms with E-state index in [9.17, 15) is 20.2 Å². The smallest absolute Gasteiger partial charge is 0.272 e. The van der Waals surface area contributed by atoms with Gasteiger partial charge in [-0.25, -0.2) is 0 Å². The highest BCUT2D eigenvalue weighted by atomic mass is 16.6. The fourth-order valence-corrected chi connectivity index (χ4v) is 1.81. The quantitative estimate of drug-likeness (QED) is 0.517. The molecule has 8 heteroatoms. The standard InChI is InChI=1S/C14H12N4O4/c1-10-3-2-4-11(7-10)9-15-16-13-6-5-12(17(19)20)8-14(13)18(21)22/h2-9,16H,1H3. The zero-order valence-corrected chi connectivity index (χ0v) is 11.6. The van der Waals surface area contributed by atoms with Crippen LogP contribution in [0.3, 0.4) is 0 Å². The molecule has 0 amide bonds. The maximum absolute atomic E-state index is 11.0. The van der Waals surface area contributed by atoms with Gasteiger partial charge < -0.3 is 0 Å². The predicted molar refractivity (Wildman–Crippen MR) is 82.1 cm³/mol. The molecule has 0 aliphatic rings. The van der Waals surface area contributed by atoms with Gasteiger partial charge in [-0.1, -0.05) is 29.8 Å². The molecule has 0 aliphatic heterocycles. The van der Waals surface area contributed by atoms with E-state index < -0.39 is 15.5 Å². The Bertz CT molecular complexity index is 758. The number of nitro benzene ring substituents is 2. The average Bonchev–Trinajstić information content (AvgIpc) is 2.47. The lowest BCUT2D eigenvalue weighted by Gasteiger charge is -2.02. The molecular formula is C14H12N4O4. The molecule has 0 radical (unpaired) electrons. The van der Waals surface area contributed by atoms with Gasteiger partial charge in [-0.2, -0.15) is 5.10 Å². The van der Waals surface area contributed by atoms with Gasteiger partial charge in [0.1, 0.15) is 5.69 Å². The largest absolute Gasteiger partial charge is 0.301 e. The van der Waals surface area contributed by atoms with E-state index in [0.29, 0.717) is 0 Å². The molecule has 2 rings (SSSR count). The second-order valence-corrected chi connectivity index (χ2v) is 4.50. The number of anilines is 1. The second kappa shape index (κ2) is 6.44. The second-order valence-electron chi connectivity index (χ2n) is 4.50. The molecule has 0 atom stereocenters. The molecule has 2 aromatic carbocycles. The predicted octanol–water partition coefficient (Wildman–Crippen LogP) is 3.26. The van der Waals surface area contributed by atoms with Gasteiger partial charge in [-0.3, -0.25) is 25.7 Å². The van der Waals surface area contributed by atoms with Gasteiger partial charge in [-0.15, -0.1) is 0 Å². The van der Waals surface area contributed by atoms with Crippen LogP contribution in [0.4, 0.5) is 17.1 Å². The number of rotatable bonds is 5. The van der Waals surface area contributed by atoms with E-state index in [4.69, 9.17) is 0 Å². The topological polar surface area (TPSA) is 111 Å². The van der Waals surface area contributed by atoms with E-state index in [2.05, 4.69) is 10.5 Å². The van der Waals surface area contributed by atoms with Crippen molar-refractivity contribution in [1.82, 2.24) is 0 Å². The van der Waals surface area contributed by atoms with Crippen molar-refractivity contribution in [3.8, 4) is 0 Å². The van der Waals surface area contributed by atoms with Crippen LogP contribution >= 0.6 is 0 Å². The molecule has 0 aliphatic carbocycles. The number of nitrogens with one attached hydrogen (secondary N) is 1. The lowest BCUT2D eigenvalue weighted by atomic mass is 10.2. The molecule has 0 saturated heterocycles. The van der Waals surface area contributed by atoms with E-state index in [1.54, 1.807) is 0 Å². The maximum atomic E-state index is 11.0. The summed E-state index contributed by atoms with van der Waals surface area (Å²) in [6.45, 7) is 1.94. The highest BCUT2D eigenvalue weighted by Gasteiger charge is 2.18. The van der Waals surface area contributed by atoms with E-state index in [-0.39, 0.29) is 11.4 Å². The van der Waals surface area contributed by atoms with Crippen molar-refractivity contribution in [1.29, 1.82) is 0 Å². The third kappa shape index (κ3) is 3.63. The van der Waals surface area contributed by atoms with Gasteiger partial charge in [0.2, 0.25) is 0 Å². The molecule has 0 unspecified atom stereocenters. The summed E-state index contributed by atoms with van der Waals surface area (Å²) in [6, 6.07) is 10.9. The summed E-state index contributed by atoms with van der Waals surface area (Å²) >= 11 is 0. The number of hydrogen-bond acceptors (Lipinski definition) is 6. The van der Waals surface area contributed by atoms with Crippen molar-refractivity contribution in [2.24, 2.45) is 5.10 Å². The monoisotopic (exact) mass is 300 g/mol. The molecule has 22 heavy (non-hydrogen) atoms. The van der Waals surface area contributed by atoms with Crippen LogP contribution in [0.5, 0.6) is 0 Å². The number of hydrazone groups is 1. The molecule has 0 fully saturated rings. The highest BCUT2D eigenvalue weighted by molar-refractivity contribution is 5.81. The van der Waals surface area contributed by atoms with Gasteiger partial charge in [0.25, 0.3) is 5.69 Å². The van der Waals surface area contributed by atoms with E-state index >= 15 is 0 Å². The summed E-state index contributed by atoms with van der Waals surface area (Å²) in [5.41, 5.74) is 3.75. The van der Waals surface area contributed by atoms with Gasteiger partial charge >= 0.3 is 5.69 Å². The SMILES string of the molecule is Cc1cccc(C=NNc2ccc([N+](=O)[O-])cc2[N+](=O)[O-])c1. The average molecular weight is 300 g/mol.